The molecule has 27 heavy (non-hydrogen) atoms. The highest BCUT2D eigenvalue weighted by molar-refractivity contribution is 7.99. The topological polar surface area (TPSA) is 75.7 Å². The van der Waals surface area contributed by atoms with Crippen LogP contribution in [0, 0.1) is 0 Å². The number of carbonyl (C=O) groups is 3. The fourth-order valence-corrected chi connectivity index (χ4v) is 3.63. The van der Waals surface area contributed by atoms with Gasteiger partial charge in [0.15, 0.2) is 6.10 Å². The minimum absolute atomic E-state index is 0.111. The Bertz CT molecular complexity index is 884. The van der Waals surface area contributed by atoms with Crippen LogP contribution in [0.3, 0.4) is 0 Å². The summed E-state index contributed by atoms with van der Waals surface area (Å²) in [6, 6.07) is 14.2. The lowest BCUT2D eigenvalue weighted by molar-refractivity contribution is -0.128. The Balaban J connectivity index is 1.77. The minimum Gasteiger partial charge on any atom is -0.449 e. The Kier molecular flexibility index (Phi) is 5.81. The summed E-state index contributed by atoms with van der Waals surface area (Å²) in [5.41, 5.74) is 1.58. The number of para-hydroxylation sites is 2. The van der Waals surface area contributed by atoms with Crippen LogP contribution in [0.5, 0.6) is 0 Å². The molecule has 0 saturated carbocycles. The SMILES string of the molecule is CCSc1ccccc1C(=O)O[C@@H](C)C(=O)N1CC(=O)Nc2ccccc21. The molecule has 3 rings (SSSR count). The number of benzene rings is 2. The van der Waals surface area contributed by atoms with Gasteiger partial charge in [-0.3, -0.25) is 14.5 Å². The molecule has 0 spiro atoms. The van der Waals surface area contributed by atoms with E-state index in [-0.39, 0.29) is 12.5 Å². The number of fused-ring (bicyclic) bond motifs is 1. The zero-order valence-electron chi connectivity index (χ0n) is 15.1. The molecule has 1 aliphatic heterocycles. The summed E-state index contributed by atoms with van der Waals surface area (Å²) >= 11 is 1.54. The summed E-state index contributed by atoms with van der Waals surface area (Å²) in [6.07, 6.45) is -1.02. The smallest absolute Gasteiger partial charge is 0.340 e. The number of thioether (sulfide) groups is 1. The molecule has 0 fully saturated rings. The van der Waals surface area contributed by atoms with Crippen molar-refractivity contribution >= 4 is 40.9 Å². The van der Waals surface area contributed by atoms with Crippen molar-refractivity contribution in [1.29, 1.82) is 0 Å². The molecule has 1 N–H and O–H groups in total. The van der Waals surface area contributed by atoms with Crippen molar-refractivity contribution in [2.75, 3.05) is 22.5 Å². The van der Waals surface area contributed by atoms with Gasteiger partial charge in [-0.25, -0.2) is 4.79 Å². The average Bonchev–Trinajstić information content (AvgIpc) is 2.67. The molecule has 2 aromatic rings. The molecule has 0 bridgehead atoms. The normalized spacial score (nSPS) is 14.1. The average molecular weight is 384 g/mol. The quantitative estimate of drug-likeness (QED) is 0.632. The monoisotopic (exact) mass is 384 g/mol. The van der Waals surface area contributed by atoms with Crippen LogP contribution in [-0.2, 0) is 14.3 Å². The van der Waals surface area contributed by atoms with Gasteiger partial charge in [-0.05, 0) is 36.9 Å². The largest absolute Gasteiger partial charge is 0.449 e. The third-order valence-electron chi connectivity index (χ3n) is 4.08. The summed E-state index contributed by atoms with van der Waals surface area (Å²) in [5, 5.41) is 2.73. The number of hydrogen-bond acceptors (Lipinski definition) is 5. The van der Waals surface area contributed by atoms with Crippen LogP contribution < -0.4 is 10.2 Å². The van der Waals surface area contributed by atoms with Gasteiger partial charge in [0, 0.05) is 4.90 Å². The van der Waals surface area contributed by atoms with Crippen molar-refractivity contribution in [3.05, 3.63) is 54.1 Å². The Morgan fingerprint density at radius 2 is 1.89 bits per heavy atom. The number of hydrogen-bond donors (Lipinski definition) is 1. The molecule has 1 heterocycles. The molecular weight excluding hydrogens is 364 g/mol. The Labute approximate surface area is 161 Å². The molecular formula is C20H20N2O4S. The van der Waals surface area contributed by atoms with Crippen molar-refractivity contribution in [3.63, 3.8) is 0 Å². The Morgan fingerprint density at radius 3 is 2.67 bits per heavy atom. The molecule has 0 aromatic heterocycles. The number of ether oxygens (including phenoxy) is 1. The van der Waals surface area contributed by atoms with Crippen LogP contribution in [0.4, 0.5) is 11.4 Å². The van der Waals surface area contributed by atoms with E-state index in [0.717, 1.165) is 10.6 Å². The summed E-state index contributed by atoms with van der Waals surface area (Å²) in [5.74, 6) is -0.461. The van der Waals surface area contributed by atoms with Gasteiger partial charge in [-0.15, -0.1) is 11.8 Å². The first-order valence-corrected chi connectivity index (χ1v) is 9.63. The van der Waals surface area contributed by atoms with E-state index in [2.05, 4.69) is 5.32 Å². The summed E-state index contributed by atoms with van der Waals surface area (Å²) < 4.78 is 5.41. The van der Waals surface area contributed by atoms with Gasteiger partial charge in [0.2, 0.25) is 5.91 Å². The molecule has 7 heteroatoms. The fourth-order valence-electron chi connectivity index (χ4n) is 2.84. The van der Waals surface area contributed by atoms with E-state index in [1.54, 1.807) is 36.4 Å². The minimum atomic E-state index is -1.02. The number of anilines is 2. The molecule has 2 amide bonds. The highest BCUT2D eigenvalue weighted by Gasteiger charge is 2.31. The number of amides is 2. The lowest BCUT2D eigenvalue weighted by Crippen LogP contribution is -2.47. The third-order valence-corrected chi connectivity index (χ3v) is 5.03. The second-order valence-electron chi connectivity index (χ2n) is 5.97. The Hall–Kier alpha value is -2.80. The van der Waals surface area contributed by atoms with Gasteiger partial charge in [-0.2, -0.15) is 0 Å². The molecule has 1 atom stereocenters. The predicted octanol–water partition coefficient (Wildman–Crippen LogP) is 3.33. The summed E-state index contributed by atoms with van der Waals surface area (Å²) in [4.78, 5) is 39.5. The number of esters is 1. The van der Waals surface area contributed by atoms with Crippen LogP contribution in [0.25, 0.3) is 0 Å². The predicted molar refractivity (Wildman–Crippen MR) is 105 cm³/mol. The lowest BCUT2D eigenvalue weighted by atomic mass is 10.1. The number of rotatable bonds is 5. The number of nitrogens with zero attached hydrogens (tertiary/aromatic N) is 1. The molecule has 0 saturated heterocycles. The third kappa shape index (κ3) is 4.14. The maximum atomic E-state index is 12.8. The van der Waals surface area contributed by atoms with Gasteiger partial charge < -0.3 is 10.1 Å². The first-order chi connectivity index (χ1) is 13.0. The van der Waals surface area contributed by atoms with Gasteiger partial charge in [0.25, 0.3) is 5.91 Å². The molecule has 0 unspecified atom stereocenters. The van der Waals surface area contributed by atoms with Crippen LogP contribution in [0.15, 0.2) is 53.4 Å². The van der Waals surface area contributed by atoms with E-state index in [4.69, 9.17) is 4.74 Å². The van der Waals surface area contributed by atoms with Gasteiger partial charge in [0.05, 0.1) is 16.9 Å². The van der Waals surface area contributed by atoms with E-state index in [1.807, 2.05) is 19.1 Å². The maximum absolute atomic E-state index is 12.8. The van der Waals surface area contributed by atoms with Crippen LogP contribution >= 0.6 is 11.8 Å². The van der Waals surface area contributed by atoms with Crippen molar-refractivity contribution < 1.29 is 19.1 Å². The van der Waals surface area contributed by atoms with Gasteiger partial charge >= 0.3 is 5.97 Å². The second kappa shape index (κ2) is 8.26. The second-order valence-corrected chi connectivity index (χ2v) is 7.27. The lowest BCUT2D eigenvalue weighted by Gasteiger charge is -2.30. The first-order valence-electron chi connectivity index (χ1n) is 8.64. The van der Waals surface area contributed by atoms with E-state index >= 15 is 0 Å². The maximum Gasteiger partial charge on any atom is 0.340 e. The van der Waals surface area contributed by atoms with Crippen molar-refractivity contribution in [2.24, 2.45) is 0 Å². The van der Waals surface area contributed by atoms with Crippen molar-refractivity contribution in [1.82, 2.24) is 0 Å². The molecule has 2 aromatic carbocycles. The summed E-state index contributed by atoms with van der Waals surface area (Å²) in [7, 11) is 0. The molecule has 0 radical (unpaired) electrons. The highest BCUT2D eigenvalue weighted by atomic mass is 32.2. The Morgan fingerprint density at radius 1 is 1.19 bits per heavy atom. The highest BCUT2D eigenvalue weighted by Crippen LogP contribution is 2.30. The molecule has 140 valence electrons. The van der Waals surface area contributed by atoms with Crippen LogP contribution in [0.2, 0.25) is 0 Å². The van der Waals surface area contributed by atoms with Crippen LogP contribution in [0.1, 0.15) is 24.2 Å². The molecule has 1 aliphatic rings. The number of carbonyl (C=O) groups excluding carboxylic acids is 3. The van der Waals surface area contributed by atoms with E-state index in [9.17, 15) is 14.4 Å². The van der Waals surface area contributed by atoms with Crippen molar-refractivity contribution in [2.45, 2.75) is 24.8 Å². The van der Waals surface area contributed by atoms with Crippen molar-refractivity contribution in [3.8, 4) is 0 Å². The van der Waals surface area contributed by atoms with E-state index < -0.39 is 18.0 Å². The van der Waals surface area contributed by atoms with E-state index in [0.29, 0.717) is 16.9 Å². The zero-order valence-corrected chi connectivity index (χ0v) is 15.9. The zero-order chi connectivity index (χ0) is 19.4. The standard InChI is InChI=1S/C20H20N2O4S/c1-3-27-17-11-7-4-8-14(17)20(25)26-13(2)19(24)22-12-18(23)21-15-9-5-6-10-16(15)22/h4-11,13H,3,12H2,1-2H3,(H,21,23)/t13-/m0/s1. The summed E-state index contributed by atoms with van der Waals surface area (Å²) in [6.45, 7) is 3.41. The van der Waals surface area contributed by atoms with E-state index in [1.165, 1.54) is 23.6 Å². The molecule has 0 aliphatic carbocycles. The fraction of sp³-hybridized carbons (Fsp3) is 0.250. The number of nitrogens with one attached hydrogen (secondary N) is 1. The van der Waals surface area contributed by atoms with Gasteiger partial charge in [-0.1, -0.05) is 31.2 Å². The van der Waals surface area contributed by atoms with Gasteiger partial charge in [0.1, 0.15) is 6.54 Å². The first kappa shape index (κ1) is 19.0. The molecule has 6 nitrogen and oxygen atoms in total. The van der Waals surface area contributed by atoms with Crippen LogP contribution in [-0.4, -0.2) is 36.2 Å².